The topological polar surface area (TPSA) is 46.6 Å². The van der Waals surface area contributed by atoms with E-state index in [1.54, 1.807) is 6.92 Å². The Hall–Kier alpha value is -0.910. The Morgan fingerprint density at radius 2 is 2.05 bits per heavy atom. The molecular weight excluding hydrogens is 298 g/mol. The van der Waals surface area contributed by atoms with Crippen molar-refractivity contribution in [2.24, 2.45) is 0 Å². The highest BCUT2D eigenvalue weighted by molar-refractivity contribution is 7.91. The van der Waals surface area contributed by atoms with Crippen LogP contribution >= 0.6 is 0 Å². The molecule has 0 aliphatic carbocycles. The van der Waals surface area contributed by atoms with Crippen LogP contribution < -0.4 is 0 Å². The summed E-state index contributed by atoms with van der Waals surface area (Å²) in [5.74, 6) is 0.444. The molecule has 0 saturated carbocycles. The second-order valence-corrected chi connectivity index (χ2v) is 8.74. The molecule has 5 heteroatoms. The Bertz CT molecular complexity index is 612. The molecule has 0 radical (unpaired) electrons. The third-order valence-corrected chi connectivity index (χ3v) is 6.16. The fourth-order valence-corrected chi connectivity index (χ4v) is 3.62. The Morgan fingerprint density at radius 1 is 1.32 bits per heavy atom. The number of morpholine rings is 1. The van der Waals surface area contributed by atoms with E-state index in [0.29, 0.717) is 13.2 Å². The van der Waals surface area contributed by atoms with E-state index in [-0.39, 0.29) is 23.7 Å². The van der Waals surface area contributed by atoms with Gasteiger partial charge in [-0.1, -0.05) is 30.7 Å². The van der Waals surface area contributed by atoms with Crippen LogP contribution in [0, 0.1) is 13.8 Å². The lowest BCUT2D eigenvalue weighted by atomic mass is 9.99. The van der Waals surface area contributed by atoms with Crippen LogP contribution in [-0.2, 0) is 14.6 Å². The van der Waals surface area contributed by atoms with Gasteiger partial charge < -0.3 is 4.74 Å². The second-order valence-electron chi connectivity index (χ2n) is 6.26. The Labute approximate surface area is 134 Å². The molecular formula is C17H27NO3S. The summed E-state index contributed by atoms with van der Waals surface area (Å²) in [5, 5.41) is 0. The minimum absolute atomic E-state index is 0.0282. The molecule has 2 rings (SSSR count). The zero-order chi connectivity index (χ0) is 16.3. The summed E-state index contributed by atoms with van der Waals surface area (Å²) >= 11 is 0. The largest absolute Gasteiger partial charge is 0.371 e. The van der Waals surface area contributed by atoms with Gasteiger partial charge in [-0.25, -0.2) is 8.42 Å². The quantitative estimate of drug-likeness (QED) is 0.834. The molecule has 0 bridgehead atoms. The van der Waals surface area contributed by atoms with E-state index in [0.717, 1.165) is 6.54 Å². The van der Waals surface area contributed by atoms with Crippen LogP contribution in [0.15, 0.2) is 18.2 Å². The van der Waals surface area contributed by atoms with Crippen LogP contribution in [0.25, 0.3) is 0 Å². The fraction of sp³-hybridized carbons (Fsp3) is 0.647. The van der Waals surface area contributed by atoms with Crippen molar-refractivity contribution in [2.75, 3.05) is 31.2 Å². The molecule has 1 aromatic rings. The summed E-state index contributed by atoms with van der Waals surface area (Å²) in [6.45, 7) is 9.97. The summed E-state index contributed by atoms with van der Waals surface area (Å²) in [7, 11) is -2.92. The highest BCUT2D eigenvalue weighted by Crippen LogP contribution is 2.28. The number of benzene rings is 1. The standard InChI is InChI=1S/C17H27NO3S/c1-5-22(19,20)9-8-18-11-17(21-12-15(18)4)16-10-13(2)6-7-14(16)3/h6-7,10,15,17H,5,8-9,11-12H2,1-4H3/t15-,17-/m0/s1. The maximum atomic E-state index is 11.7. The average molecular weight is 325 g/mol. The zero-order valence-corrected chi connectivity index (χ0v) is 14.8. The van der Waals surface area contributed by atoms with Crippen LogP contribution in [0.3, 0.4) is 0 Å². The van der Waals surface area contributed by atoms with Gasteiger partial charge in [0.15, 0.2) is 9.84 Å². The molecule has 124 valence electrons. The number of hydrogen-bond donors (Lipinski definition) is 0. The number of sulfone groups is 1. The minimum Gasteiger partial charge on any atom is -0.371 e. The summed E-state index contributed by atoms with van der Waals surface area (Å²) in [5.41, 5.74) is 3.67. The van der Waals surface area contributed by atoms with Crippen molar-refractivity contribution in [3.63, 3.8) is 0 Å². The van der Waals surface area contributed by atoms with Gasteiger partial charge in [-0.3, -0.25) is 4.90 Å². The normalized spacial score (nSPS) is 23.6. The molecule has 1 aliphatic rings. The zero-order valence-electron chi connectivity index (χ0n) is 14.0. The van der Waals surface area contributed by atoms with Crippen molar-refractivity contribution in [1.82, 2.24) is 4.90 Å². The first-order valence-electron chi connectivity index (χ1n) is 7.95. The van der Waals surface area contributed by atoms with Crippen LogP contribution in [0.2, 0.25) is 0 Å². The Morgan fingerprint density at radius 3 is 2.73 bits per heavy atom. The van der Waals surface area contributed by atoms with Crippen LogP contribution in [0.4, 0.5) is 0 Å². The number of aryl methyl sites for hydroxylation is 2. The van der Waals surface area contributed by atoms with Crippen LogP contribution in [0.5, 0.6) is 0 Å². The first kappa shape index (κ1) is 17.4. The Balaban J connectivity index is 2.09. The van der Waals surface area contributed by atoms with Crippen molar-refractivity contribution in [2.45, 2.75) is 39.8 Å². The van der Waals surface area contributed by atoms with Crippen LogP contribution in [-0.4, -0.2) is 50.6 Å². The van der Waals surface area contributed by atoms with Gasteiger partial charge in [0, 0.05) is 24.9 Å². The monoisotopic (exact) mass is 325 g/mol. The average Bonchev–Trinajstić information content (AvgIpc) is 2.49. The highest BCUT2D eigenvalue weighted by atomic mass is 32.2. The van der Waals surface area contributed by atoms with Crippen molar-refractivity contribution in [1.29, 1.82) is 0 Å². The summed E-state index contributed by atoms with van der Waals surface area (Å²) in [6, 6.07) is 6.67. The van der Waals surface area contributed by atoms with E-state index in [4.69, 9.17) is 4.74 Å². The molecule has 0 unspecified atom stereocenters. The molecule has 1 fully saturated rings. The van der Waals surface area contributed by atoms with E-state index in [1.807, 2.05) is 0 Å². The van der Waals surface area contributed by atoms with Crippen LogP contribution in [0.1, 0.15) is 36.6 Å². The van der Waals surface area contributed by atoms with Gasteiger partial charge >= 0.3 is 0 Å². The molecule has 2 atom stereocenters. The van der Waals surface area contributed by atoms with E-state index < -0.39 is 9.84 Å². The number of ether oxygens (including phenoxy) is 1. The molecule has 1 aromatic carbocycles. The third-order valence-electron chi connectivity index (χ3n) is 4.47. The maximum absolute atomic E-state index is 11.7. The molecule has 1 heterocycles. The van der Waals surface area contributed by atoms with Gasteiger partial charge in [0.2, 0.25) is 0 Å². The van der Waals surface area contributed by atoms with Crippen molar-refractivity contribution in [3.8, 4) is 0 Å². The van der Waals surface area contributed by atoms with E-state index >= 15 is 0 Å². The first-order chi connectivity index (χ1) is 10.3. The van der Waals surface area contributed by atoms with Gasteiger partial charge in [-0.05, 0) is 31.9 Å². The van der Waals surface area contributed by atoms with E-state index in [9.17, 15) is 8.42 Å². The predicted molar refractivity (Wildman–Crippen MR) is 90.0 cm³/mol. The first-order valence-corrected chi connectivity index (χ1v) is 9.77. The van der Waals surface area contributed by atoms with Crippen molar-refractivity contribution >= 4 is 9.84 Å². The second kappa shape index (κ2) is 7.11. The lowest BCUT2D eigenvalue weighted by Gasteiger charge is -2.38. The third kappa shape index (κ3) is 4.31. The fourth-order valence-electron chi connectivity index (χ4n) is 2.81. The predicted octanol–water partition coefficient (Wildman–Crippen LogP) is 2.50. The lowest BCUT2D eigenvalue weighted by Crippen LogP contribution is -2.47. The molecule has 0 spiro atoms. The molecule has 0 N–H and O–H groups in total. The van der Waals surface area contributed by atoms with Crippen molar-refractivity contribution < 1.29 is 13.2 Å². The molecule has 22 heavy (non-hydrogen) atoms. The van der Waals surface area contributed by atoms with Gasteiger partial charge in [-0.15, -0.1) is 0 Å². The number of nitrogens with zero attached hydrogens (tertiary/aromatic N) is 1. The highest BCUT2D eigenvalue weighted by Gasteiger charge is 2.28. The van der Waals surface area contributed by atoms with Gasteiger partial charge in [0.05, 0.1) is 18.5 Å². The molecule has 0 aromatic heterocycles. The smallest absolute Gasteiger partial charge is 0.151 e. The molecule has 1 saturated heterocycles. The van der Waals surface area contributed by atoms with Gasteiger partial charge in [-0.2, -0.15) is 0 Å². The summed E-state index contributed by atoms with van der Waals surface area (Å²) in [4.78, 5) is 2.24. The summed E-state index contributed by atoms with van der Waals surface area (Å²) in [6.07, 6.45) is 0.0282. The number of hydrogen-bond acceptors (Lipinski definition) is 4. The van der Waals surface area contributed by atoms with Gasteiger partial charge in [0.1, 0.15) is 0 Å². The van der Waals surface area contributed by atoms with E-state index in [2.05, 4.69) is 43.9 Å². The summed E-state index contributed by atoms with van der Waals surface area (Å²) < 4.78 is 29.5. The molecule has 1 aliphatic heterocycles. The maximum Gasteiger partial charge on any atom is 0.151 e. The van der Waals surface area contributed by atoms with Crippen molar-refractivity contribution in [3.05, 3.63) is 34.9 Å². The molecule has 0 amide bonds. The Kier molecular flexibility index (Phi) is 5.64. The number of rotatable bonds is 5. The minimum atomic E-state index is -2.92. The van der Waals surface area contributed by atoms with E-state index in [1.165, 1.54) is 16.7 Å². The lowest BCUT2D eigenvalue weighted by molar-refractivity contribution is -0.0580. The SMILES string of the molecule is CCS(=O)(=O)CCN1C[C@@H](c2cc(C)ccc2C)OC[C@@H]1C. The molecule has 4 nitrogen and oxygen atoms in total. The van der Waals surface area contributed by atoms with Gasteiger partial charge in [0.25, 0.3) is 0 Å².